The molecular formula is C15H10O4S. The van der Waals surface area contributed by atoms with Crippen LogP contribution in [0.2, 0.25) is 0 Å². The van der Waals surface area contributed by atoms with Gasteiger partial charge >= 0.3 is 5.97 Å². The first kappa shape index (κ1) is 12.6. The van der Waals surface area contributed by atoms with Crippen LogP contribution in [-0.4, -0.2) is 5.97 Å². The van der Waals surface area contributed by atoms with Crippen molar-refractivity contribution >= 4 is 28.3 Å². The molecule has 0 atom stereocenters. The van der Waals surface area contributed by atoms with Crippen molar-refractivity contribution in [1.82, 2.24) is 0 Å². The third-order valence-electron chi connectivity index (χ3n) is 2.75. The normalized spacial score (nSPS) is 10.7. The lowest BCUT2D eigenvalue weighted by atomic mass is 10.2. The summed E-state index contributed by atoms with van der Waals surface area (Å²) in [5.41, 5.74) is 0.127. The Bertz CT molecular complexity index is 831. The summed E-state index contributed by atoms with van der Waals surface area (Å²) < 4.78 is 10.8. The molecule has 0 aliphatic carbocycles. The van der Waals surface area contributed by atoms with E-state index < -0.39 is 5.97 Å². The SMILES string of the molecule is CC(=O)Oc1c(-c2cccs2)oc2ccccc2c1=O. The molecule has 3 aromatic rings. The lowest BCUT2D eigenvalue weighted by molar-refractivity contribution is -0.131. The molecule has 2 aromatic heterocycles. The summed E-state index contributed by atoms with van der Waals surface area (Å²) in [6.45, 7) is 1.26. The van der Waals surface area contributed by atoms with Gasteiger partial charge in [0.1, 0.15) is 5.58 Å². The zero-order valence-corrected chi connectivity index (χ0v) is 11.4. The summed E-state index contributed by atoms with van der Waals surface area (Å²) in [5.74, 6) is -0.317. The Morgan fingerprint density at radius 2 is 2.00 bits per heavy atom. The lowest BCUT2D eigenvalue weighted by Crippen LogP contribution is -2.13. The fourth-order valence-electron chi connectivity index (χ4n) is 1.93. The maximum atomic E-state index is 12.4. The maximum absolute atomic E-state index is 12.4. The van der Waals surface area contributed by atoms with E-state index in [0.717, 1.165) is 4.88 Å². The van der Waals surface area contributed by atoms with Crippen molar-refractivity contribution in [3.63, 3.8) is 0 Å². The van der Waals surface area contributed by atoms with Crippen LogP contribution in [0.3, 0.4) is 0 Å². The van der Waals surface area contributed by atoms with Crippen molar-refractivity contribution < 1.29 is 13.9 Å². The molecular weight excluding hydrogens is 276 g/mol. The van der Waals surface area contributed by atoms with E-state index >= 15 is 0 Å². The minimum atomic E-state index is -0.551. The van der Waals surface area contributed by atoms with Gasteiger partial charge in [-0.3, -0.25) is 9.59 Å². The number of hydrogen-bond donors (Lipinski definition) is 0. The van der Waals surface area contributed by atoms with E-state index in [-0.39, 0.29) is 11.2 Å². The second-order valence-electron chi connectivity index (χ2n) is 4.16. The number of hydrogen-bond acceptors (Lipinski definition) is 5. The number of para-hydroxylation sites is 1. The van der Waals surface area contributed by atoms with Gasteiger partial charge in [0.05, 0.1) is 10.3 Å². The smallest absolute Gasteiger partial charge is 0.308 e. The van der Waals surface area contributed by atoms with Gasteiger partial charge in [0.15, 0.2) is 5.76 Å². The van der Waals surface area contributed by atoms with Crippen LogP contribution in [0, 0.1) is 0 Å². The van der Waals surface area contributed by atoms with Crippen LogP contribution >= 0.6 is 11.3 Å². The molecule has 100 valence electrons. The van der Waals surface area contributed by atoms with Gasteiger partial charge in [-0.05, 0) is 23.6 Å². The van der Waals surface area contributed by atoms with E-state index in [2.05, 4.69) is 0 Å². The van der Waals surface area contributed by atoms with E-state index in [9.17, 15) is 9.59 Å². The molecule has 0 N–H and O–H groups in total. The molecule has 2 heterocycles. The number of esters is 1. The van der Waals surface area contributed by atoms with Crippen LogP contribution < -0.4 is 10.2 Å². The van der Waals surface area contributed by atoms with Crippen molar-refractivity contribution in [3.05, 3.63) is 52.0 Å². The van der Waals surface area contributed by atoms with E-state index in [1.807, 2.05) is 17.5 Å². The van der Waals surface area contributed by atoms with Gasteiger partial charge in [-0.1, -0.05) is 18.2 Å². The van der Waals surface area contributed by atoms with Gasteiger partial charge < -0.3 is 9.15 Å². The third kappa shape index (κ3) is 2.12. The lowest BCUT2D eigenvalue weighted by Gasteiger charge is -2.07. The minimum Gasteiger partial charge on any atom is -0.451 e. The molecule has 0 bridgehead atoms. The quantitative estimate of drug-likeness (QED) is 0.677. The highest BCUT2D eigenvalue weighted by molar-refractivity contribution is 7.13. The number of thiophene rings is 1. The molecule has 0 saturated heterocycles. The van der Waals surface area contributed by atoms with Crippen LogP contribution in [0.4, 0.5) is 0 Å². The number of fused-ring (bicyclic) bond motifs is 1. The number of benzene rings is 1. The first-order valence-electron chi connectivity index (χ1n) is 5.95. The highest BCUT2D eigenvalue weighted by Gasteiger charge is 2.19. The average Bonchev–Trinajstić information content (AvgIpc) is 2.95. The van der Waals surface area contributed by atoms with Gasteiger partial charge in [0, 0.05) is 6.92 Å². The number of rotatable bonds is 2. The molecule has 20 heavy (non-hydrogen) atoms. The monoisotopic (exact) mass is 286 g/mol. The highest BCUT2D eigenvalue weighted by Crippen LogP contribution is 2.33. The van der Waals surface area contributed by atoms with Crippen molar-refractivity contribution in [1.29, 1.82) is 0 Å². The van der Waals surface area contributed by atoms with Crippen molar-refractivity contribution in [2.45, 2.75) is 6.92 Å². The molecule has 0 saturated carbocycles. The molecule has 0 spiro atoms. The molecule has 0 fully saturated rings. The van der Waals surface area contributed by atoms with E-state index in [4.69, 9.17) is 9.15 Å². The largest absolute Gasteiger partial charge is 0.451 e. The molecule has 3 rings (SSSR count). The van der Waals surface area contributed by atoms with E-state index in [1.165, 1.54) is 18.3 Å². The second-order valence-corrected chi connectivity index (χ2v) is 5.10. The van der Waals surface area contributed by atoms with Crippen LogP contribution in [0.25, 0.3) is 21.6 Å². The third-order valence-corrected chi connectivity index (χ3v) is 3.62. The predicted molar refractivity (Wildman–Crippen MR) is 77.1 cm³/mol. The number of carbonyl (C=O) groups is 1. The molecule has 0 aliphatic heterocycles. The van der Waals surface area contributed by atoms with Crippen LogP contribution in [-0.2, 0) is 4.79 Å². The van der Waals surface area contributed by atoms with Crippen LogP contribution in [0.5, 0.6) is 5.75 Å². The second kappa shape index (κ2) is 4.94. The summed E-state index contributed by atoms with van der Waals surface area (Å²) in [4.78, 5) is 24.4. The fraction of sp³-hybridized carbons (Fsp3) is 0.0667. The Morgan fingerprint density at radius 3 is 2.70 bits per heavy atom. The zero-order valence-electron chi connectivity index (χ0n) is 10.6. The highest BCUT2D eigenvalue weighted by atomic mass is 32.1. The molecule has 4 nitrogen and oxygen atoms in total. The summed E-state index contributed by atoms with van der Waals surface area (Å²) in [6, 6.07) is 10.5. The maximum Gasteiger partial charge on any atom is 0.308 e. The first-order chi connectivity index (χ1) is 9.66. The predicted octanol–water partition coefficient (Wildman–Crippen LogP) is 3.45. The standard InChI is InChI=1S/C15H10O4S/c1-9(16)18-15-13(17)10-5-2-3-6-11(10)19-14(15)12-7-4-8-20-12/h2-8H,1H3. The Labute approximate surface area is 118 Å². The Kier molecular flexibility index (Phi) is 3.12. The van der Waals surface area contributed by atoms with Crippen molar-refractivity contribution in [2.75, 3.05) is 0 Å². The zero-order chi connectivity index (χ0) is 14.1. The van der Waals surface area contributed by atoms with Crippen LogP contribution in [0.1, 0.15) is 6.92 Å². The average molecular weight is 286 g/mol. The number of carbonyl (C=O) groups excluding carboxylic acids is 1. The van der Waals surface area contributed by atoms with Crippen LogP contribution in [0.15, 0.2) is 51.0 Å². The Hall–Kier alpha value is -2.40. The van der Waals surface area contributed by atoms with Crippen molar-refractivity contribution in [3.8, 4) is 16.4 Å². The summed E-state index contributed by atoms with van der Waals surface area (Å²) in [7, 11) is 0. The van der Waals surface area contributed by atoms with Crippen molar-refractivity contribution in [2.24, 2.45) is 0 Å². The van der Waals surface area contributed by atoms with Gasteiger partial charge in [-0.15, -0.1) is 11.3 Å². The molecule has 0 aliphatic rings. The minimum absolute atomic E-state index is 0.0568. The Balaban J connectivity index is 2.36. The Morgan fingerprint density at radius 1 is 1.20 bits per heavy atom. The topological polar surface area (TPSA) is 56.5 Å². The fourth-order valence-corrected chi connectivity index (χ4v) is 2.63. The molecule has 0 radical (unpaired) electrons. The number of ether oxygens (including phenoxy) is 1. The van der Waals surface area contributed by atoms with Gasteiger partial charge in [-0.2, -0.15) is 0 Å². The van der Waals surface area contributed by atoms with Gasteiger partial charge in [0.25, 0.3) is 0 Å². The molecule has 0 amide bonds. The van der Waals surface area contributed by atoms with E-state index in [0.29, 0.717) is 16.7 Å². The molecule has 5 heteroatoms. The summed E-state index contributed by atoms with van der Waals surface area (Å²) in [6.07, 6.45) is 0. The molecule has 1 aromatic carbocycles. The van der Waals surface area contributed by atoms with E-state index in [1.54, 1.807) is 24.3 Å². The van der Waals surface area contributed by atoms with Gasteiger partial charge in [-0.25, -0.2) is 0 Å². The summed E-state index contributed by atoms with van der Waals surface area (Å²) in [5, 5.41) is 2.26. The first-order valence-corrected chi connectivity index (χ1v) is 6.83. The summed E-state index contributed by atoms with van der Waals surface area (Å²) >= 11 is 1.41. The van der Waals surface area contributed by atoms with Gasteiger partial charge in [0.2, 0.25) is 11.2 Å². The molecule has 0 unspecified atom stereocenters.